The summed E-state index contributed by atoms with van der Waals surface area (Å²) in [5.74, 6) is 2.30. The van der Waals surface area contributed by atoms with E-state index in [1.54, 1.807) is 0 Å². The summed E-state index contributed by atoms with van der Waals surface area (Å²) in [5, 5.41) is 0. The van der Waals surface area contributed by atoms with Gasteiger partial charge in [0.15, 0.2) is 0 Å². The third-order valence-electron chi connectivity index (χ3n) is 2.27. The van der Waals surface area contributed by atoms with Crippen LogP contribution < -0.4 is 0 Å². The van der Waals surface area contributed by atoms with Gasteiger partial charge in [-0.3, -0.25) is 0 Å². The first-order valence-electron chi connectivity index (χ1n) is 6.58. The van der Waals surface area contributed by atoms with Gasteiger partial charge in [0.05, 0.1) is 0 Å². The van der Waals surface area contributed by atoms with Crippen LogP contribution in [0.3, 0.4) is 0 Å². The highest BCUT2D eigenvalue weighted by atomic mass is 32.2. The molecule has 0 heterocycles. The maximum atomic E-state index is 2.19. The van der Waals surface area contributed by atoms with Gasteiger partial charge in [-0.25, -0.2) is 0 Å². The fourth-order valence-corrected chi connectivity index (χ4v) is 2.53. The van der Waals surface area contributed by atoms with Crippen molar-refractivity contribution >= 4 is 11.8 Å². The second-order valence-electron chi connectivity index (χ2n) is 4.22. The molecule has 0 aromatic heterocycles. The van der Waals surface area contributed by atoms with Crippen molar-refractivity contribution in [2.75, 3.05) is 0 Å². The Kier molecular flexibility index (Phi) is 8.07. The molecule has 0 aliphatic carbocycles. The first-order chi connectivity index (χ1) is 8.86. The molecule has 0 spiro atoms. The quantitative estimate of drug-likeness (QED) is 0.555. The monoisotopic (exact) mass is 259 g/mol. The standard InChI is InChI=1S/C14H14S.C3H8/c1-3-7-13(8-4-1)11-15-12-14-9-5-2-6-10-14;1-3-2/h1-10H,11-12H2;3H2,1-2H3/p+1. The molecule has 0 radical (unpaired) electrons. The van der Waals surface area contributed by atoms with Gasteiger partial charge in [0.1, 0.15) is 11.5 Å². The van der Waals surface area contributed by atoms with E-state index in [-0.39, 0.29) is 0 Å². The zero-order valence-electron chi connectivity index (χ0n) is 11.3. The van der Waals surface area contributed by atoms with Gasteiger partial charge >= 0.3 is 0 Å². The molecule has 2 rings (SSSR count). The minimum absolute atomic E-state index is 1.15. The van der Waals surface area contributed by atoms with Crippen molar-refractivity contribution in [3.8, 4) is 0 Å². The molecule has 0 N–H and O–H groups in total. The molecule has 0 aliphatic heterocycles. The number of benzene rings is 2. The summed E-state index contributed by atoms with van der Waals surface area (Å²) in [6.45, 7) is 4.25. The SMILES string of the molecule is CCC.c1ccc(C[SH+]Cc2ccccc2)cc1. The Balaban J connectivity index is 0.000000492. The lowest BCUT2D eigenvalue weighted by atomic mass is 10.2. The summed E-state index contributed by atoms with van der Waals surface area (Å²) in [4.78, 5) is 0. The largest absolute Gasteiger partial charge is 0.131 e. The Hall–Kier alpha value is -1.21. The van der Waals surface area contributed by atoms with Gasteiger partial charge in [-0.05, 0) is 11.8 Å². The summed E-state index contributed by atoms with van der Waals surface area (Å²) in [7, 11) is 0. The van der Waals surface area contributed by atoms with Gasteiger partial charge in [0.25, 0.3) is 0 Å². The van der Waals surface area contributed by atoms with Crippen LogP contribution >= 0.6 is 0 Å². The van der Waals surface area contributed by atoms with Crippen molar-refractivity contribution in [1.29, 1.82) is 0 Å². The van der Waals surface area contributed by atoms with E-state index in [1.807, 2.05) is 0 Å². The summed E-state index contributed by atoms with van der Waals surface area (Å²) in [6.07, 6.45) is 1.25. The van der Waals surface area contributed by atoms with Crippen LogP contribution in [0.5, 0.6) is 0 Å². The topological polar surface area (TPSA) is 0 Å². The van der Waals surface area contributed by atoms with Crippen molar-refractivity contribution in [3.63, 3.8) is 0 Å². The molecule has 0 unspecified atom stereocenters. The van der Waals surface area contributed by atoms with E-state index < -0.39 is 0 Å². The molecule has 0 saturated carbocycles. The lowest BCUT2D eigenvalue weighted by Gasteiger charge is -1.95. The zero-order valence-corrected chi connectivity index (χ0v) is 12.2. The second-order valence-corrected chi connectivity index (χ2v) is 5.30. The molecule has 2 aromatic carbocycles. The van der Waals surface area contributed by atoms with Crippen molar-refractivity contribution in [2.24, 2.45) is 0 Å². The number of hydrogen-bond donors (Lipinski definition) is 0. The minimum Gasteiger partial charge on any atom is -0.0656 e. The minimum atomic E-state index is 1.15. The third-order valence-corrected chi connectivity index (χ3v) is 3.45. The Morgan fingerprint density at radius 3 is 1.33 bits per heavy atom. The number of hydrogen-bond acceptors (Lipinski definition) is 0. The molecule has 0 nitrogen and oxygen atoms in total. The highest BCUT2D eigenvalue weighted by Gasteiger charge is 2.00. The van der Waals surface area contributed by atoms with Crippen LogP contribution in [0, 0.1) is 0 Å². The molecule has 0 atom stereocenters. The van der Waals surface area contributed by atoms with Crippen LogP contribution in [0.1, 0.15) is 31.4 Å². The van der Waals surface area contributed by atoms with E-state index in [1.165, 1.54) is 29.3 Å². The van der Waals surface area contributed by atoms with Crippen molar-refractivity contribution in [1.82, 2.24) is 0 Å². The van der Waals surface area contributed by atoms with Gasteiger partial charge in [-0.15, -0.1) is 0 Å². The zero-order chi connectivity index (χ0) is 13.1. The Morgan fingerprint density at radius 2 is 1.00 bits per heavy atom. The molecular formula is C17H23S+. The van der Waals surface area contributed by atoms with Gasteiger partial charge < -0.3 is 0 Å². The molecule has 2 aromatic rings. The predicted octanol–water partition coefficient (Wildman–Crippen LogP) is 4.62. The normalized spacial score (nSPS) is 9.44. The fourth-order valence-electron chi connectivity index (χ4n) is 1.48. The van der Waals surface area contributed by atoms with Crippen LogP contribution in [0.4, 0.5) is 0 Å². The van der Waals surface area contributed by atoms with Crippen LogP contribution in [0.25, 0.3) is 0 Å². The van der Waals surface area contributed by atoms with E-state index >= 15 is 0 Å². The van der Waals surface area contributed by atoms with Crippen LogP contribution in [-0.2, 0) is 23.3 Å². The van der Waals surface area contributed by atoms with E-state index in [2.05, 4.69) is 74.5 Å². The second kappa shape index (κ2) is 9.78. The Labute approximate surface area is 115 Å². The summed E-state index contributed by atoms with van der Waals surface area (Å²) in [5.41, 5.74) is 2.85. The average molecular weight is 259 g/mol. The van der Waals surface area contributed by atoms with E-state index in [4.69, 9.17) is 0 Å². The lowest BCUT2D eigenvalue weighted by molar-refractivity contribution is 1.09. The molecule has 0 fully saturated rings. The van der Waals surface area contributed by atoms with E-state index in [0.717, 1.165) is 11.5 Å². The first-order valence-corrected chi connectivity index (χ1v) is 7.84. The van der Waals surface area contributed by atoms with Gasteiger partial charge in [-0.1, -0.05) is 80.9 Å². The highest BCUT2D eigenvalue weighted by molar-refractivity contribution is 7.76. The fraction of sp³-hybridized carbons (Fsp3) is 0.294. The van der Waals surface area contributed by atoms with Gasteiger partial charge in [-0.2, -0.15) is 0 Å². The molecule has 0 aliphatic rings. The summed E-state index contributed by atoms with van der Waals surface area (Å²) in [6, 6.07) is 21.3. The summed E-state index contributed by atoms with van der Waals surface area (Å²) < 4.78 is 0. The molecule has 0 bridgehead atoms. The Morgan fingerprint density at radius 1 is 0.667 bits per heavy atom. The van der Waals surface area contributed by atoms with Crippen LogP contribution in [-0.4, -0.2) is 0 Å². The van der Waals surface area contributed by atoms with Crippen molar-refractivity contribution < 1.29 is 0 Å². The Bertz CT molecular complexity index is 355. The maximum absolute atomic E-state index is 2.19. The van der Waals surface area contributed by atoms with Crippen molar-refractivity contribution in [3.05, 3.63) is 71.8 Å². The number of rotatable bonds is 4. The van der Waals surface area contributed by atoms with E-state index in [0.29, 0.717) is 0 Å². The van der Waals surface area contributed by atoms with Gasteiger partial charge in [0.2, 0.25) is 0 Å². The lowest BCUT2D eigenvalue weighted by Crippen LogP contribution is -1.91. The average Bonchev–Trinajstić information content (AvgIpc) is 2.42. The van der Waals surface area contributed by atoms with Crippen LogP contribution in [0.15, 0.2) is 60.7 Å². The summed E-state index contributed by atoms with van der Waals surface area (Å²) >= 11 is 1.47. The van der Waals surface area contributed by atoms with E-state index in [9.17, 15) is 0 Å². The van der Waals surface area contributed by atoms with Gasteiger partial charge in [0, 0.05) is 11.1 Å². The molecule has 1 heteroatoms. The third kappa shape index (κ3) is 6.51. The highest BCUT2D eigenvalue weighted by Crippen LogP contribution is 2.05. The predicted molar refractivity (Wildman–Crippen MR) is 85.0 cm³/mol. The number of thiol groups is 1. The smallest absolute Gasteiger partial charge is 0.0656 e. The first kappa shape index (κ1) is 14.8. The molecular weight excluding hydrogens is 236 g/mol. The van der Waals surface area contributed by atoms with Crippen LogP contribution in [0.2, 0.25) is 0 Å². The molecule has 0 amide bonds. The molecule has 0 saturated heterocycles. The maximum Gasteiger partial charge on any atom is 0.131 e. The van der Waals surface area contributed by atoms with Crippen molar-refractivity contribution in [2.45, 2.75) is 31.8 Å². The molecule has 18 heavy (non-hydrogen) atoms. The molecule has 96 valence electrons.